The van der Waals surface area contributed by atoms with Gasteiger partial charge in [-0.3, -0.25) is 9.89 Å². The average molecular weight is 311 g/mol. The van der Waals surface area contributed by atoms with E-state index in [9.17, 15) is 4.79 Å². The SMILES string of the molecule is O=C(NCc1ncn[nH]1)C1CC1c1cc(Cl)cc(Cl)c1. The van der Waals surface area contributed by atoms with Gasteiger partial charge in [0, 0.05) is 16.0 Å². The Morgan fingerprint density at radius 2 is 2.10 bits per heavy atom. The number of halogens is 2. The molecule has 1 amide bonds. The minimum Gasteiger partial charge on any atom is -0.349 e. The molecule has 0 spiro atoms. The highest BCUT2D eigenvalue weighted by Gasteiger charge is 2.44. The topological polar surface area (TPSA) is 70.7 Å². The summed E-state index contributed by atoms with van der Waals surface area (Å²) < 4.78 is 0. The molecule has 0 radical (unpaired) electrons. The van der Waals surface area contributed by atoms with Gasteiger partial charge < -0.3 is 5.32 Å². The van der Waals surface area contributed by atoms with Crippen molar-refractivity contribution in [3.05, 3.63) is 46.0 Å². The third-order valence-electron chi connectivity index (χ3n) is 3.34. The minimum atomic E-state index is -0.0209. The molecule has 2 aromatic rings. The lowest BCUT2D eigenvalue weighted by molar-refractivity contribution is -0.122. The number of hydrogen-bond acceptors (Lipinski definition) is 3. The monoisotopic (exact) mass is 310 g/mol. The second kappa shape index (κ2) is 5.42. The molecular weight excluding hydrogens is 299 g/mol. The molecule has 1 fully saturated rings. The van der Waals surface area contributed by atoms with Crippen LogP contribution in [0.5, 0.6) is 0 Å². The van der Waals surface area contributed by atoms with Crippen molar-refractivity contribution in [3.63, 3.8) is 0 Å². The second-order valence-corrected chi connectivity index (χ2v) is 5.67. The second-order valence-electron chi connectivity index (χ2n) is 4.80. The summed E-state index contributed by atoms with van der Waals surface area (Å²) in [5, 5.41) is 10.5. The maximum absolute atomic E-state index is 12.0. The zero-order valence-electron chi connectivity index (χ0n) is 10.4. The molecule has 1 aliphatic rings. The zero-order valence-corrected chi connectivity index (χ0v) is 11.9. The molecule has 0 saturated heterocycles. The lowest BCUT2D eigenvalue weighted by Crippen LogP contribution is -2.25. The van der Waals surface area contributed by atoms with E-state index in [1.54, 1.807) is 6.07 Å². The van der Waals surface area contributed by atoms with Crippen LogP contribution in [0.25, 0.3) is 0 Å². The highest BCUT2D eigenvalue weighted by molar-refractivity contribution is 6.34. The quantitative estimate of drug-likeness (QED) is 0.911. The van der Waals surface area contributed by atoms with Gasteiger partial charge in [0.05, 0.1) is 6.54 Å². The molecule has 1 heterocycles. The first-order valence-electron chi connectivity index (χ1n) is 6.21. The van der Waals surface area contributed by atoms with Crippen LogP contribution in [0.3, 0.4) is 0 Å². The highest BCUT2D eigenvalue weighted by Crippen LogP contribution is 2.48. The van der Waals surface area contributed by atoms with Crippen LogP contribution in [-0.2, 0) is 11.3 Å². The van der Waals surface area contributed by atoms with Crippen LogP contribution < -0.4 is 5.32 Å². The summed E-state index contributed by atoms with van der Waals surface area (Å²) >= 11 is 11.9. The summed E-state index contributed by atoms with van der Waals surface area (Å²) in [4.78, 5) is 16.0. The molecule has 2 unspecified atom stereocenters. The van der Waals surface area contributed by atoms with Crippen molar-refractivity contribution < 1.29 is 4.79 Å². The van der Waals surface area contributed by atoms with Crippen molar-refractivity contribution in [2.45, 2.75) is 18.9 Å². The molecule has 0 aliphatic heterocycles. The van der Waals surface area contributed by atoms with Crippen LogP contribution in [0.4, 0.5) is 0 Å². The van der Waals surface area contributed by atoms with Crippen LogP contribution in [0.2, 0.25) is 10.0 Å². The van der Waals surface area contributed by atoms with Crippen molar-refractivity contribution in [2.24, 2.45) is 5.92 Å². The van der Waals surface area contributed by atoms with Gasteiger partial charge in [-0.1, -0.05) is 23.2 Å². The molecule has 1 aromatic heterocycles. The number of benzene rings is 1. The Hall–Kier alpha value is -1.59. The summed E-state index contributed by atoms with van der Waals surface area (Å²) in [5.41, 5.74) is 1.02. The molecular formula is C13H12Cl2N4O. The third kappa shape index (κ3) is 2.94. The van der Waals surface area contributed by atoms with Gasteiger partial charge in [0.1, 0.15) is 12.2 Å². The van der Waals surface area contributed by atoms with E-state index in [0.29, 0.717) is 22.4 Å². The van der Waals surface area contributed by atoms with Gasteiger partial charge >= 0.3 is 0 Å². The summed E-state index contributed by atoms with van der Waals surface area (Å²) in [6, 6.07) is 5.41. The Morgan fingerprint density at radius 1 is 1.35 bits per heavy atom. The number of rotatable bonds is 4. The number of hydrogen-bond donors (Lipinski definition) is 2. The number of nitrogens with one attached hydrogen (secondary N) is 2. The van der Waals surface area contributed by atoms with Crippen molar-refractivity contribution in [2.75, 3.05) is 0 Å². The molecule has 2 atom stereocenters. The van der Waals surface area contributed by atoms with Gasteiger partial charge in [-0.2, -0.15) is 5.10 Å². The van der Waals surface area contributed by atoms with Crippen LogP contribution in [-0.4, -0.2) is 21.1 Å². The maximum Gasteiger partial charge on any atom is 0.224 e. The molecule has 1 aliphatic carbocycles. The highest BCUT2D eigenvalue weighted by atomic mass is 35.5. The van der Waals surface area contributed by atoms with Crippen molar-refractivity contribution in [1.82, 2.24) is 20.5 Å². The van der Waals surface area contributed by atoms with E-state index >= 15 is 0 Å². The molecule has 1 aromatic carbocycles. The Bertz CT molecular complexity index is 609. The Labute approximate surface area is 125 Å². The van der Waals surface area contributed by atoms with Crippen molar-refractivity contribution >= 4 is 29.1 Å². The van der Waals surface area contributed by atoms with Gasteiger partial charge in [0.15, 0.2) is 0 Å². The molecule has 2 N–H and O–H groups in total. The van der Waals surface area contributed by atoms with Gasteiger partial charge in [-0.15, -0.1) is 0 Å². The van der Waals surface area contributed by atoms with Crippen LogP contribution in [0, 0.1) is 5.92 Å². The van der Waals surface area contributed by atoms with E-state index in [0.717, 1.165) is 12.0 Å². The lowest BCUT2D eigenvalue weighted by Gasteiger charge is -2.04. The first-order valence-corrected chi connectivity index (χ1v) is 6.97. The molecule has 1 saturated carbocycles. The standard InChI is InChI=1S/C13H12Cl2N4O/c14-8-1-7(2-9(15)3-8)10-4-11(10)13(20)16-5-12-17-6-18-19-12/h1-3,6,10-11H,4-5H2,(H,16,20)(H,17,18,19). The number of aromatic nitrogens is 3. The number of H-pyrrole nitrogens is 1. The van der Waals surface area contributed by atoms with Gasteiger partial charge in [-0.05, 0) is 36.1 Å². The van der Waals surface area contributed by atoms with Crippen LogP contribution >= 0.6 is 23.2 Å². The van der Waals surface area contributed by atoms with E-state index in [-0.39, 0.29) is 17.7 Å². The number of nitrogens with zero attached hydrogens (tertiary/aromatic N) is 2. The molecule has 0 bridgehead atoms. The van der Waals surface area contributed by atoms with Crippen LogP contribution in [0.15, 0.2) is 24.5 Å². The van der Waals surface area contributed by atoms with E-state index < -0.39 is 0 Å². The zero-order chi connectivity index (χ0) is 14.1. The Kier molecular flexibility index (Phi) is 3.63. The van der Waals surface area contributed by atoms with Crippen LogP contribution in [0.1, 0.15) is 23.7 Å². The number of carbonyl (C=O) groups excluding carboxylic acids is 1. The third-order valence-corrected chi connectivity index (χ3v) is 3.77. The molecule has 5 nitrogen and oxygen atoms in total. The number of aromatic amines is 1. The summed E-state index contributed by atoms with van der Waals surface area (Å²) in [6.07, 6.45) is 2.23. The first-order chi connectivity index (χ1) is 9.63. The smallest absolute Gasteiger partial charge is 0.224 e. The number of amides is 1. The summed E-state index contributed by atoms with van der Waals surface area (Å²) in [5.74, 6) is 0.831. The lowest BCUT2D eigenvalue weighted by atomic mass is 10.1. The van der Waals surface area contributed by atoms with Crippen molar-refractivity contribution in [1.29, 1.82) is 0 Å². The number of carbonyl (C=O) groups is 1. The van der Waals surface area contributed by atoms with E-state index in [4.69, 9.17) is 23.2 Å². The van der Waals surface area contributed by atoms with E-state index in [2.05, 4.69) is 20.5 Å². The predicted octanol–water partition coefficient (Wildman–Crippen LogP) is 2.53. The molecule has 20 heavy (non-hydrogen) atoms. The van der Waals surface area contributed by atoms with Gasteiger partial charge in [0.25, 0.3) is 0 Å². The summed E-state index contributed by atoms with van der Waals surface area (Å²) in [7, 11) is 0. The first kappa shape index (κ1) is 13.4. The molecule has 3 rings (SSSR count). The molecule has 7 heteroatoms. The Morgan fingerprint density at radius 3 is 2.75 bits per heavy atom. The van der Waals surface area contributed by atoms with E-state index in [1.807, 2.05) is 12.1 Å². The fourth-order valence-corrected chi connectivity index (χ4v) is 2.80. The minimum absolute atomic E-state index is 0.0162. The van der Waals surface area contributed by atoms with E-state index in [1.165, 1.54) is 6.33 Å². The van der Waals surface area contributed by atoms with Gasteiger partial charge in [-0.25, -0.2) is 4.98 Å². The van der Waals surface area contributed by atoms with Crippen molar-refractivity contribution in [3.8, 4) is 0 Å². The van der Waals surface area contributed by atoms with Gasteiger partial charge in [0.2, 0.25) is 5.91 Å². The normalized spacial score (nSPS) is 20.7. The fraction of sp³-hybridized carbons (Fsp3) is 0.308. The largest absolute Gasteiger partial charge is 0.349 e. The predicted molar refractivity (Wildman–Crippen MR) is 75.5 cm³/mol. The maximum atomic E-state index is 12.0. The average Bonchev–Trinajstić information content (AvgIpc) is 3.03. The fourth-order valence-electron chi connectivity index (χ4n) is 2.26. The Balaban J connectivity index is 1.59. The molecule has 104 valence electrons. The summed E-state index contributed by atoms with van der Waals surface area (Å²) in [6.45, 7) is 0.359.